The van der Waals surface area contributed by atoms with Crippen LogP contribution >= 0.6 is 23.5 Å². The number of fused-ring (bicyclic) bond motifs is 4. The molecule has 2 heterocycles. The van der Waals surface area contributed by atoms with E-state index in [-0.39, 0.29) is 21.8 Å². The van der Waals surface area contributed by atoms with Gasteiger partial charge < -0.3 is 9.47 Å². The van der Waals surface area contributed by atoms with Gasteiger partial charge in [0, 0.05) is 32.6 Å². The van der Waals surface area contributed by atoms with Crippen LogP contribution in [0.4, 0.5) is 26.3 Å². The van der Waals surface area contributed by atoms with Crippen molar-refractivity contribution in [2.24, 2.45) is 0 Å². The zero-order chi connectivity index (χ0) is 31.5. The lowest BCUT2D eigenvalue weighted by atomic mass is 9.71. The van der Waals surface area contributed by atoms with E-state index in [1.807, 2.05) is 0 Å². The molecule has 2 aliphatic carbocycles. The molecule has 2 aliphatic heterocycles. The van der Waals surface area contributed by atoms with E-state index in [9.17, 15) is 13.0 Å². The fourth-order valence-electron chi connectivity index (χ4n) is 5.99. The molecule has 1 fully saturated rings. The molecule has 0 bridgehead atoms. The molecule has 43 heavy (non-hydrogen) atoms. The Bertz CT molecular complexity index is 1830. The second-order valence-electron chi connectivity index (χ2n) is 10.7. The van der Waals surface area contributed by atoms with Gasteiger partial charge in [-0.2, -0.15) is 34.8 Å². The van der Waals surface area contributed by atoms with Gasteiger partial charge >= 0.3 is 17.8 Å². The van der Waals surface area contributed by atoms with Gasteiger partial charge in [-0.25, -0.2) is 0 Å². The van der Waals surface area contributed by atoms with E-state index in [1.165, 1.54) is 46.3 Å². The first kappa shape index (κ1) is 30.2. The summed E-state index contributed by atoms with van der Waals surface area (Å²) in [6.07, 6.45) is 2.31. The van der Waals surface area contributed by atoms with Crippen LogP contribution in [-0.2, 0) is 10.1 Å². The third-order valence-electron chi connectivity index (χ3n) is 8.43. The maximum Gasteiger partial charge on any atom is 0.380 e. The first-order valence-electron chi connectivity index (χ1n) is 12.6. The number of benzene rings is 2. The number of halogens is 6. The molecular weight excluding hydrogens is 639 g/mol. The molecule has 0 spiro atoms. The molecule has 4 aliphatic rings. The molecule has 228 valence electrons. The summed E-state index contributed by atoms with van der Waals surface area (Å²) in [5, 5.41) is 0. The minimum Gasteiger partial charge on any atom is -0.497 e. The first-order chi connectivity index (χ1) is 19.8. The molecule has 0 saturated heterocycles. The fraction of sp³-hybridized carbons (Fsp3) is 0.310. The molecule has 5 nitrogen and oxygen atoms in total. The number of hydrogen-bond donors (Lipinski definition) is 1. The fourth-order valence-corrected chi connectivity index (χ4v) is 9.95. The molecular formula is C29H22F6O5S3. The van der Waals surface area contributed by atoms with Crippen LogP contribution in [0.3, 0.4) is 0 Å². The maximum absolute atomic E-state index is 15.6. The molecule has 14 heteroatoms. The van der Waals surface area contributed by atoms with Gasteiger partial charge in [-0.1, -0.05) is 12.1 Å². The number of alkyl halides is 6. The quantitative estimate of drug-likeness (QED) is 0.259. The summed E-state index contributed by atoms with van der Waals surface area (Å²) in [5.41, 5.74) is -3.34. The average Bonchev–Trinajstić information content (AvgIpc) is 3.52. The summed E-state index contributed by atoms with van der Waals surface area (Å²) < 4.78 is 134. The van der Waals surface area contributed by atoms with Gasteiger partial charge in [0.2, 0.25) is 0 Å². The van der Waals surface area contributed by atoms with Crippen LogP contribution in [0.5, 0.6) is 11.5 Å². The van der Waals surface area contributed by atoms with Crippen molar-refractivity contribution < 1.29 is 48.8 Å². The topological polar surface area (TPSA) is 72.8 Å². The van der Waals surface area contributed by atoms with Crippen LogP contribution in [-0.4, -0.2) is 54.5 Å². The maximum atomic E-state index is 15.6. The SMILES string of the molecule is COc1ccc(C2=CC3=C4C(=C5C=C(c6ccc(OC)cc6S(=O)(=O)O)SC5(C)C3(C)S2)C(F)(F)C(F)(F)C4(F)F)cc1. The van der Waals surface area contributed by atoms with Crippen LogP contribution in [0, 0.1) is 0 Å². The van der Waals surface area contributed by atoms with Crippen LogP contribution in [0.15, 0.2) is 81.8 Å². The van der Waals surface area contributed by atoms with Crippen molar-refractivity contribution in [3.05, 3.63) is 88.0 Å². The highest BCUT2D eigenvalue weighted by Gasteiger charge is 2.84. The Morgan fingerprint density at radius 1 is 0.721 bits per heavy atom. The number of allylic oxidation sites excluding steroid dienone is 4. The molecule has 0 amide bonds. The minimum atomic E-state index is -5.74. The van der Waals surface area contributed by atoms with Crippen molar-refractivity contribution >= 4 is 43.5 Å². The van der Waals surface area contributed by atoms with Gasteiger partial charge in [-0.15, -0.1) is 23.5 Å². The Hall–Kier alpha value is -2.81. The monoisotopic (exact) mass is 660 g/mol. The van der Waals surface area contributed by atoms with E-state index in [4.69, 9.17) is 9.47 Å². The second-order valence-corrected chi connectivity index (χ2v) is 15.0. The Morgan fingerprint density at radius 3 is 1.67 bits per heavy atom. The number of hydrogen-bond acceptors (Lipinski definition) is 6. The lowest BCUT2D eigenvalue weighted by molar-refractivity contribution is -0.258. The molecule has 1 N–H and O–H groups in total. The highest BCUT2D eigenvalue weighted by atomic mass is 32.2. The molecule has 0 radical (unpaired) electrons. The smallest absolute Gasteiger partial charge is 0.380 e. The summed E-state index contributed by atoms with van der Waals surface area (Å²) in [5.74, 6) is -15.6. The molecule has 2 aromatic carbocycles. The van der Waals surface area contributed by atoms with Crippen LogP contribution in [0.2, 0.25) is 0 Å². The van der Waals surface area contributed by atoms with Crippen molar-refractivity contribution in [1.82, 2.24) is 0 Å². The summed E-state index contributed by atoms with van der Waals surface area (Å²) in [6.45, 7) is 3.01. The Morgan fingerprint density at radius 2 is 1.19 bits per heavy atom. The van der Waals surface area contributed by atoms with E-state index in [0.29, 0.717) is 16.2 Å². The second kappa shape index (κ2) is 9.11. The van der Waals surface area contributed by atoms with Crippen molar-refractivity contribution in [1.29, 1.82) is 0 Å². The normalized spacial score (nSPS) is 28.3. The zero-order valence-electron chi connectivity index (χ0n) is 22.8. The van der Waals surface area contributed by atoms with Crippen molar-refractivity contribution in [3.63, 3.8) is 0 Å². The highest BCUT2D eigenvalue weighted by Crippen LogP contribution is 2.75. The van der Waals surface area contributed by atoms with Gasteiger partial charge in [0.15, 0.2) is 0 Å². The van der Waals surface area contributed by atoms with Gasteiger partial charge in [0.1, 0.15) is 16.4 Å². The molecule has 2 unspecified atom stereocenters. The molecule has 6 rings (SSSR count). The van der Waals surface area contributed by atoms with Crippen molar-refractivity contribution in [2.45, 2.75) is 46.0 Å². The number of ether oxygens (including phenoxy) is 2. The predicted molar refractivity (Wildman–Crippen MR) is 153 cm³/mol. The van der Waals surface area contributed by atoms with Crippen LogP contribution in [0.25, 0.3) is 9.81 Å². The molecule has 2 atom stereocenters. The lowest BCUT2D eigenvalue weighted by Crippen LogP contribution is -2.48. The largest absolute Gasteiger partial charge is 0.497 e. The summed E-state index contributed by atoms with van der Waals surface area (Å²) in [7, 11) is -2.17. The minimum absolute atomic E-state index is 0.00920. The predicted octanol–water partition coefficient (Wildman–Crippen LogP) is 7.87. The zero-order valence-corrected chi connectivity index (χ0v) is 25.2. The summed E-state index contributed by atoms with van der Waals surface area (Å²) in [6, 6.07) is 10.2. The van der Waals surface area contributed by atoms with Gasteiger partial charge in [-0.05, 0) is 67.0 Å². The van der Waals surface area contributed by atoms with E-state index in [1.54, 1.807) is 24.3 Å². The first-order valence-corrected chi connectivity index (χ1v) is 15.7. The third-order valence-corrected chi connectivity index (χ3v) is 12.7. The highest BCUT2D eigenvalue weighted by molar-refractivity contribution is 8.14. The van der Waals surface area contributed by atoms with Gasteiger partial charge in [0.05, 0.1) is 23.7 Å². The number of methoxy groups -OCH3 is 2. The molecule has 0 aromatic heterocycles. The Kier molecular flexibility index (Phi) is 6.41. The molecule has 1 saturated carbocycles. The molecule has 2 aromatic rings. The lowest BCUT2D eigenvalue weighted by Gasteiger charge is -2.47. The van der Waals surface area contributed by atoms with Gasteiger partial charge in [-0.3, -0.25) is 4.55 Å². The summed E-state index contributed by atoms with van der Waals surface area (Å²) >= 11 is 1.94. The Balaban J connectivity index is 1.64. The standard InChI is InChI=1S/C29H22F6O5S3/c1-25-18(12-20(41-25)14-5-7-15(39-3)8-6-14)23-24(28(32,33)29(34,35)27(23,30)31)19-13-21(42-26(19,25)2)17-10-9-16(40-4)11-22(17)43(36,37)38/h5-13H,1-4H3,(H,36,37,38). The number of thioether (sulfide) groups is 2. The van der Waals surface area contributed by atoms with Crippen LogP contribution < -0.4 is 9.47 Å². The van der Waals surface area contributed by atoms with E-state index < -0.39 is 59.0 Å². The Labute approximate surface area is 251 Å². The van der Waals surface area contributed by atoms with Crippen LogP contribution in [0.1, 0.15) is 25.0 Å². The third kappa shape index (κ3) is 3.82. The number of rotatable bonds is 5. The van der Waals surface area contributed by atoms with E-state index in [0.717, 1.165) is 35.7 Å². The average molecular weight is 661 g/mol. The van der Waals surface area contributed by atoms with Crippen molar-refractivity contribution in [3.8, 4) is 11.5 Å². The van der Waals surface area contributed by atoms with E-state index in [2.05, 4.69) is 0 Å². The van der Waals surface area contributed by atoms with Crippen molar-refractivity contribution in [2.75, 3.05) is 14.2 Å². The van der Waals surface area contributed by atoms with E-state index >= 15 is 26.3 Å². The summed E-state index contributed by atoms with van der Waals surface area (Å²) in [4.78, 5) is -0.224. The van der Waals surface area contributed by atoms with Gasteiger partial charge in [0.25, 0.3) is 10.1 Å².